The summed E-state index contributed by atoms with van der Waals surface area (Å²) in [5.41, 5.74) is 0.898. The number of rotatable bonds is 5. The fourth-order valence-electron chi connectivity index (χ4n) is 2.11. The van der Waals surface area contributed by atoms with Gasteiger partial charge in [0.25, 0.3) is 0 Å². The molecule has 1 aliphatic heterocycles. The van der Waals surface area contributed by atoms with Gasteiger partial charge in [-0.05, 0) is 24.9 Å². The molecule has 0 bridgehead atoms. The van der Waals surface area contributed by atoms with Gasteiger partial charge >= 0.3 is 0 Å². The molecule has 0 radical (unpaired) electrons. The summed E-state index contributed by atoms with van der Waals surface area (Å²) in [6, 6.07) is 5.61. The van der Waals surface area contributed by atoms with Gasteiger partial charge in [-0.3, -0.25) is 0 Å². The van der Waals surface area contributed by atoms with Crippen molar-refractivity contribution in [3.05, 3.63) is 23.9 Å². The van der Waals surface area contributed by atoms with Crippen molar-refractivity contribution in [1.29, 1.82) is 0 Å². The fraction of sp³-hybridized carbons (Fsp3) is 0.583. The summed E-state index contributed by atoms with van der Waals surface area (Å²) >= 11 is 0. The van der Waals surface area contributed by atoms with Gasteiger partial charge in [-0.1, -0.05) is 6.07 Å². The second-order valence-corrected chi connectivity index (χ2v) is 6.80. The Balaban J connectivity index is 1.78. The van der Waals surface area contributed by atoms with E-state index in [1.54, 1.807) is 13.2 Å². The zero-order valence-corrected chi connectivity index (χ0v) is 11.2. The van der Waals surface area contributed by atoms with Crippen LogP contribution in [-0.4, -0.2) is 38.6 Å². The van der Waals surface area contributed by atoms with Crippen molar-refractivity contribution in [1.82, 2.24) is 10.3 Å². The van der Waals surface area contributed by atoms with Crippen molar-refractivity contribution >= 4 is 9.84 Å². The van der Waals surface area contributed by atoms with Crippen LogP contribution in [0.3, 0.4) is 0 Å². The molecule has 0 spiro atoms. The third kappa shape index (κ3) is 3.68. The molecule has 0 saturated carbocycles. The topological polar surface area (TPSA) is 68.3 Å². The average Bonchev–Trinajstić information content (AvgIpc) is 2.69. The Kier molecular flexibility index (Phi) is 4.19. The highest BCUT2D eigenvalue weighted by molar-refractivity contribution is 7.91. The lowest BCUT2D eigenvalue weighted by Gasteiger charge is -2.09. The molecule has 0 aliphatic carbocycles. The van der Waals surface area contributed by atoms with Crippen molar-refractivity contribution in [2.75, 3.05) is 25.2 Å². The lowest BCUT2D eigenvalue weighted by Crippen LogP contribution is -2.23. The van der Waals surface area contributed by atoms with Gasteiger partial charge in [0.1, 0.15) is 0 Å². The van der Waals surface area contributed by atoms with Gasteiger partial charge in [0, 0.05) is 12.6 Å². The summed E-state index contributed by atoms with van der Waals surface area (Å²) in [5, 5.41) is 3.25. The van der Waals surface area contributed by atoms with Crippen LogP contribution < -0.4 is 10.1 Å². The summed E-state index contributed by atoms with van der Waals surface area (Å²) in [6.45, 7) is 1.35. The summed E-state index contributed by atoms with van der Waals surface area (Å²) in [7, 11) is -1.19. The number of pyridine rings is 1. The van der Waals surface area contributed by atoms with E-state index in [-0.39, 0.29) is 5.92 Å². The summed E-state index contributed by atoms with van der Waals surface area (Å²) in [5.74, 6) is 1.47. The molecule has 2 heterocycles. The Labute approximate surface area is 107 Å². The molecule has 5 nitrogen and oxygen atoms in total. The Morgan fingerprint density at radius 1 is 1.50 bits per heavy atom. The van der Waals surface area contributed by atoms with E-state index in [0.29, 0.717) is 23.9 Å². The minimum Gasteiger partial charge on any atom is -0.481 e. The molecular weight excluding hydrogens is 252 g/mol. The standard InChI is InChI=1S/C12H18N2O3S/c1-17-12-4-2-3-11(14-12)8-13-7-10-5-6-18(15,16)9-10/h2-4,10,13H,5-9H2,1H3. The predicted molar refractivity (Wildman–Crippen MR) is 69.3 cm³/mol. The highest BCUT2D eigenvalue weighted by Crippen LogP contribution is 2.17. The SMILES string of the molecule is COc1cccc(CNCC2CCS(=O)(=O)C2)n1. The molecule has 0 amide bonds. The Hall–Kier alpha value is -1.14. The highest BCUT2D eigenvalue weighted by Gasteiger charge is 2.27. The number of hydrogen-bond donors (Lipinski definition) is 1. The third-order valence-electron chi connectivity index (χ3n) is 3.06. The molecule has 1 saturated heterocycles. The van der Waals surface area contributed by atoms with E-state index in [0.717, 1.165) is 18.7 Å². The number of nitrogens with one attached hydrogen (secondary N) is 1. The first-order valence-corrected chi connectivity index (χ1v) is 7.82. The van der Waals surface area contributed by atoms with Crippen LogP contribution in [0.1, 0.15) is 12.1 Å². The molecule has 1 aliphatic rings. The van der Waals surface area contributed by atoms with Gasteiger partial charge in [0.2, 0.25) is 5.88 Å². The minimum absolute atomic E-state index is 0.237. The molecule has 1 aromatic heterocycles. The van der Waals surface area contributed by atoms with Crippen molar-refractivity contribution < 1.29 is 13.2 Å². The summed E-state index contributed by atoms with van der Waals surface area (Å²) < 4.78 is 27.6. The average molecular weight is 270 g/mol. The van der Waals surface area contributed by atoms with Crippen LogP contribution in [0.15, 0.2) is 18.2 Å². The number of aromatic nitrogens is 1. The number of ether oxygens (including phenoxy) is 1. The zero-order valence-electron chi connectivity index (χ0n) is 10.4. The van der Waals surface area contributed by atoms with E-state index in [2.05, 4.69) is 10.3 Å². The molecule has 18 heavy (non-hydrogen) atoms. The van der Waals surface area contributed by atoms with E-state index < -0.39 is 9.84 Å². The van der Waals surface area contributed by atoms with Crippen LogP contribution in [0, 0.1) is 5.92 Å². The van der Waals surface area contributed by atoms with Crippen LogP contribution >= 0.6 is 0 Å². The Bertz CT molecular complexity index is 502. The molecule has 1 fully saturated rings. The maximum atomic E-state index is 11.3. The first-order valence-electron chi connectivity index (χ1n) is 6.00. The minimum atomic E-state index is -2.78. The van der Waals surface area contributed by atoms with Crippen LogP contribution in [0.5, 0.6) is 5.88 Å². The zero-order chi connectivity index (χ0) is 13.0. The third-order valence-corrected chi connectivity index (χ3v) is 4.89. The quantitative estimate of drug-likeness (QED) is 0.849. The molecule has 2 rings (SSSR count). The van der Waals surface area contributed by atoms with Gasteiger partial charge in [-0.25, -0.2) is 13.4 Å². The first-order chi connectivity index (χ1) is 8.59. The van der Waals surface area contributed by atoms with Crippen LogP contribution in [0.4, 0.5) is 0 Å². The predicted octanol–water partition coefficient (Wildman–Crippen LogP) is 0.614. The maximum Gasteiger partial charge on any atom is 0.213 e. The van der Waals surface area contributed by atoms with Gasteiger partial charge in [-0.2, -0.15) is 0 Å². The van der Waals surface area contributed by atoms with Crippen molar-refractivity contribution in [2.24, 2.45) is 5.92 Å². The first kappa shape index (κ1) is 13.3. The number of nitrogens with zero attached hydrogens (tertiary/aromatic N) is 1. The van der Waals surface area contributed by atoms with E-state index in [4.69, 9.17) is 4.74 Å². The number of hydrogen-bond acceptors (Lipinski definition) is 5. The fourth-order valence-corrected chi connectivity index (χ4v) is 3.97. The molecule has 1 aromatic rings. The molecule has 0 aromatic carbocycles. The lowest BCUT2D eigenvalue weighted by molar-refractivity contribution is 0.395. The molecule has 1 atom stereocenters. The second kappa shape index (κ2) is 5.67. The Morgan fingerprint density at radius 2 is 2.33 bits per heavy atom. The normalized spacial score (nSPS) is 21.9. The second-order valence-electron chi connectivity index (χ2n) is 4.57. The summed E-state index contributed by atoms with van der Waals surface area (Å²) in [6.07, 6.45) is 0.765. The smallest absolute Gasteiger partial charge is 0.213 e. The van der Waals surface area contributed by atoms with Gasteiger partial charge in [-0.15, -0.1) is 0 Å². The van der Waals surface area contributed by atoms with E-state index in [1.165, 1.54) is 0 Å². The van der Waals surface area contributed by atoms with Gasteiger partial charge in [0.15, 0.2) is 9.84 Å². The molecule has 1 unspecified atom stereocenters. The largest absolute Gasteiger partial charge is 0.481 e. The van der Waals surface area contributed by atoms with Crippen LogP contribution in [0.2, 0.25) is 0 Å². The van der Waals surface area contributed by atoms with Crippen LogP contribution in [0.25, 0.3) is 0 Å². The maximum absolute atomic E-state index is 11.3. The molecular formula is C12H18N2O3S. The summed E-state index contributed by atoms with van der Waals surface area (Å²) in [4.78, 5) is 4.28. The van der Waals surface area contributed by atoms with E-state index in [9.17, 15) is 8.42 Å². The monoisotopic (exact) mass is 270 g/mol. The van der Waals surface area contributed by atoms with Crippen molar-refractivity contribution in [3.63, 3.8) is 0 Å². The van der Waals surface area contributed by atoms with Gasteiger partial charge in [0.05, 0.1) is 24.3 Å². The number of methoxy groups -OCH3 is 1. The number of sulfone groups is 1. The van der Waals surface area contributed by atoms with Crippen LogP contribution in [-0.2, 0) is 16.4 Å². The van der Waals surface area contributed by atoms with Gasteiger partial charge < -0.3 is 10.1 Å². The molecule has 1 N–H and O–H groups in total. The van der Waals surface area contributed by atoms with Crippen molar-refractivity contribution in [2.45, 2.75) is 13.0 Å². The van der Waals surface area contributed by atoms with E-state index >= 15 is 0 Å². The molecule has 6 heteroatoms. The lowest BCUT2D eigenvalue weighted by atomic mass is 10.1. The van der Waals surface area contributed by atoms with E-state index in [1.807, 2.05) is 12.1 Å². The molecule has 100 valence electrons. The Morgan fingerprint density at radius 3 is 3.00 bits per heavy atom. The van der Waals surface area contributed by atoms with Crippen molar-refractivity contribution in [3.8, 4) is 5.88 Å². The highest BCUT2D eigenvalue weighted by atomic mass is 32.2.